The van der Waals surface area contributed by atoms with Crippen LogP contribution in [-0.2, 0) is 11.2 Å². The van der Waals surface area contributed by atoms with Crippen LogP contribution in [0.1, 0.15) is 78.1 Å². The van der Waals surface area contributed by atoms with Gasteiger partial charge >= 0.3 is 0 Å². The number of carbonyl (C=O) groups is 2. The molecule has 0 saturated heterocycles. The number of methoxy groups -OCH3 is 1. The lowest BCUT2D eigenvalue weighted by atomic mass is 9.75. The highest BCUT2D eigenvalue weighted by atomic mass is 19.1. The van der Waals surface area contributed by atoms with E-state index in [-0.39, 0.29) is 28.9 Å². The lowest BCUT2D eigenvalue weighted by Crippen LogP contribution is -2.30. The van der Waals surface area contributed by atoms with Crippen molar-refractivity contribution in [1.29, 1.82) is 0 Å². The Morgan fingerprint density at radius 1 is 1.25 bits per heavy atom. The zero-order valence-corrected chi connectivity index (χ0v) is 19.1. The van der Waals surface area contributed by atoms with Crippen LogP contribution in [0.3, 0.4) is 0 Å². The lowest BCUT2D eigenvalue weighted by molar-refractivity contribution is 0.0681. The number of nitrogens with zero attached hydrogens (tertiary/aromatic N) is 2. The highest BCUT2D eigenvalue weighted by molar-refractivity contribution is 6.00. The van der Waals surface area contributed by atoms with Gasteiger partial charge in [0.15, 0.2) is 5.78 Å². The number of benzene rings is 1. The van der Waals surface area contributed by atoms with E-state index in [2.05, 4.69) is 10.4 Å². The average molecular weight is 443 g/mol. The molecule has 1 aromatic carbocycles. The summed E-state index contributed by atoms with van der Waals surface area (Å²) in [6.45, 7) is 5.88. The van der Waals surface area contributed by atoms with Crippen LogP contribution in [0.5, 0.6) is 0 Å². The van der Waals surface area contributed by atoms with E-state index in [1.165, 1.54) is 6.07 Å². The van der Waals surface area contributed by atoms with Crippen LogP contribution in [0.25, 0.3) is 5.69 Å². The topological polar surface area (TPSA) is 99.2 Å². The van der Waals surface area contributed by atoms with E-state index in [4.69, 9.17) is 10.5 Å². The van der Waals surface area contributed by atoms with Gasteiger partial charge in [0.05, 0.1) is 40.0 Å². The third kappa shape index (κ3) is 4.16. The normalized spacial score (nSPS) is 22.5. The molecule has 0 atom stereocenters. The number of nitrogens with two attached hydrogens (primary N) is 1. The number of carbonyl (C=O) groups excluding carboxylic acids is 2. The Labute approximate surface area is 187 Å². The van der Waals surface area contributed by atoms with Crippen molar-refractivity contribution in [3.8, 4) is 5.69 Å². The fourth-order valence-corrected chi connectivity index (χ4v) is 5.10. The van der Waals surface area contributed by atoms with Crippen LogP contribution in [0.15, 0.2) is 12.1 Å². The SMILES string of the molecule is COC1CCC(Nc2cc(-n3nc(C)c4c3CC(C)(C)CC4=O)cc(F)c2C(N)=O)CC1. The van der Waals surface area contributed by atoms with E-state index < -0.39 is 11.7 Å². The molecule has 1 aromatic heterocycles. The van der Waals surface area contributed by atoms with Gasteiger partial charge in [0.1, 0.15) is 5.82 Å². The minimum Gasteiger partial charge on any atom is -0.382 e. The number of amides is 1. The fourth-order valence-electron chi connectivity index (χ4n) is 5.10. The van der Waals surface area contributed by atoms with Crippen molar-refractivity contribution in [1.82, 2.24) is 9.78 Å². The molecule has 2 aliphatic rings. The number of Topliss-reactive ketones (excluding diaryl/α,β-unsaturated/α-hetero) is 1. The van der Waals surface area contributed by atoms with Crippen molar-refractivity contribution in [3.05, 3.63) is 40.5 Å². The van der Waals surface area contributed by atoms with Crippen LogP contribution in [0, 0.1) is 18.2 Å². The number of aryl methyl sites for hydroxylation is 1. The molecular weight excluding hydrogens is 411 g/mol. The summed E-state index contributed by atoms with van der Waals surface area (Å²) in [4.78, 5) is 24.8. The molecule has 172 valence electrons. The molecule has 0 radical (unpaired) electrons. The van der Waals surface area contributed by atoms with Gasteiger partial charge in [0.2, 0.25) is 0 Å². The van der Waals surface area contributed by atoms with Gasteiger partial charge < -0.3 is 15.8 Å². The zero-order valence-electron chi connectivity index (χ0n) is 19.1. The maximum atomic E-state index is 15.1. The Hall–Kier alpha value is -2.74. The summed E-state index contributed by atoms with van der Waals surface area (Å²) in [5.74, 6) is -1.47. The summed E-state index contributed by atoms with van der Waals surface area (Å²) in [5.41, 5.74) is 8.01. The largest absolute Gasteiger partial charge is 0.382 e. The van der Waals surface area contributed by atoms with E-state index in [1.54, 1.807) is 24.8 Å². The molecule has 2 aromatic rings. The van der Waals surface area contributed by atoms with Crippen molar-refractivity contribution in [2.75, 3.05) is 12.4 Å². The molecule has 3 N–H and O–H groups in total. The standard InChI is InChI=1S/C24H31FN4O3/c1-13-21-19(11-24(2,3)12-20(21)30)29(28-13)15-9-17(25)22(23(26)31)18(10-15)27-14-5-7-16(32-4)8-6-14/h9-10,14,16,27H,5-8,11-12H2,1-4H3,(H2,26,31). The summed E-state index contributed by atoms with van der Waals surface area (Å²) >= 11 is 0. The molecule has 32 heavy (non-hydrogen) atoms. The van der Waals surface area contributed by atoms with Gasteiger partial charge in [-0.05, 0) is 50.5 Å². The summed E-state index contributed by atoms with van der Waals surface area (Å²) in [7, 11) is 1.71. The first-order valence-corrected chi connectivity index (χ1v) is 11.1. The highest BCUT2D eigenvalue weighted by Gasteiger charge is 2.36. The van der Waals surface area contributed by atoms with Crippen molar-refractivity contribution < 1.29 is 18.7 Å². The zero-order chi connectivity index (χ0) is 23.2. The van der Waals surface area contributed by atoms with Gasteiger partial charge in [-0.25, -0.2) is 9.07 Å². The van der Waals surface area contributed by atoms with Gasteiger partial charge in [-0.3, -0.25) is 9.59 Å². The Morgan fingerprint density at radius 2 is 1.94 bits per heavy atom. The third-order valence-corrected chi connectivity index (χ3v) is 6.65. The minimum absolute atomic E-state index is 0.0579. The van der Waals surface area contributed by atoms with Crippen molar-refractivity contribution in [2.24, 2.45) is 11.1 Å². The molecule has 8 heteroatoms. The smallest absolute Gasteiger partial charge is 0.253 e. The van der Waals surface area contributed by atoms with E-state index >= 15 is 4.39 Å². The molecule has 7 nitrogen and oxygen atoms in total. The van der Waals surface area contributed by atoms with Crippen LogP contribution in [0.2, 0.25) is 0 Å². The molecule has 1 amide bonds. The number of anilines is 1. The summed E-state index contributed by atoms with van der Waals surface area (Å²) in [6.07, 6.45) is 4.82. The first kappa shape index (κ1) is 22.5. The number of halogens is 1. The first-order chi connectivity index (χ1) is 15.1. The van der Waals surface area contributed by atoms with Gasteiger partial charge in [0, 0.05) is 25.6 Å². The minimum atomic E-state index is -0.822. The van der Waals surface area contributed by atoms with Crippen LogP contribution >= 0.6 is 0 Å². The number of ether oxygens (including phenoxy) is 1. The number of ketones is 1. The van der Waals surface area contributed by atoms with E-state index in [0.29, 0.717) is 35.5 Å². The average Bonchev–Trinajstić information content (AvgIpc) is 3.03. The molecular formula is C24H31FN4O3. The highest BCUT2D eigenvalue weighted by Crippen LogP contribution is 2.38. The molecule has 0 spiro atoms. The Bertz CT molecular complexity index is 1070. The van der Waals surface area contributed by atoms with Crippen molar-refractivity contribution >= 4 is 17.4 Å². The van der Waals surface area contributed by atoms with Crippen LogP contribution in [-0.4, -0.2) is 40.7 Å². The van der Waals surface area contributed by atoms with Gasteiger partial charge in [-0.1, -0.05) is 13.8 Å². The number of nitrogens with one attached hydrogen (secondary N) is 1. The number of primary amides is 1. The number of fused-ring (bicyclic) bond motifs is 1. The van der Waals surface area contributed by atoms with Crippen molar-refractivity contribution in [3.63, 3.8) is 0 Å². The number of hydrogen-bond acceptors (Lipinski definition) is 5. The maximum Gasteiger partial charge on any atom is 0.253 e. The second-order valence-corrected chi connectivity index (χ2v) is 9.83. The number of hydrogen-bond donors (Lipinski definition) is 2. The van der Waals surface area contributed by atoms with E-state index in [9.17, 15) is 9.59 Å². The monoisotopic (exact) mass is 442 g/mol. The van der Waals surface area contributed by atoms with E-state index in [0.717, 1.165) is 31.4 Å². The molecule has 1 saturated carbocycles. The summed E-state index contributed by atoms with van der Waals surface area (Å²) in [6, 6.07) is 3.07. The predicted octanol–water partition coefficient (Wildman–Crippen LogP) is 3.94. The molecule has 2 aliphatic carbocycles. The molecule has 1 fully saturated rings. The van der Waals surface area contributed by atoms with E-state index in [1.807, 2.05) is 13.8 Å². The number of rotatable bonds is 5. The van der Waals surface area contributed by atoms with Crippen LogP contribution in [0.4, 0.5) is 10.1 Å². The quantitative estimate of drug-likeness (QED) is 0.731. The second-order valence-electron chi connectivity index (χ2n) is 9.83. The molecule has 0 aliphatic heterocycles. The van der Waals surface area contributed by atoms with Gasteiger partial charge in [-0.15, -0.1) is 0 Å². The predicted molar refractivity (Wildman–Crippen MR) is 120 cm³/mol. The maximum absolute atomic E-state index is 15.1. The second kappa shape index (κ2) is 8.31. The summed E-state index contributed by atoms with van der Waals surface area (Å²) in [5, 5.41) is 7.91. The Morgan fingerprint density at radius 3 is 2.56 bits per heavy atom. The fraction of sp³-hybridized carbons (Fsp3) is 0.542. The summed E-state index contributed by atoms with van der Waals surface area (Å²) < 4.78 is 22.2. The van der Waals surface area contributed by atoms with Crippen LogP contribution < -0.4 is 11.1 Å². The third-order valence-electron chi connectivity index (χ3n) is 6.65. The molecule has 4 rings (SSSR count). The Balaban J connectivity index is 1.75. The first-order valence-electron chi connectivity index (χ1n) is 11.1. The number of aromatic nitrogens is 2. The molecule has 1 heterocycles. The lowest BCUT2D eigenvalue weighted by Gasteiger charge is -2.30. The Kier molecular flexibility index (Phi) is 5.83. The molecule has 0 unspecified atom stereocenters. The van der Waals surface area contributed by atoms with Gasteiger partial charge in [-0.2, -0.15) is 5.10 Å². The molecule has 0 bridgehead atoms. The van der Waals surface area contributed by atoms with Gasteiger partial charge in [0.25, 0.3) is 5.91 Å². The van der Waals surface area contributed by atoms with Crippen molar-refractivity contribution in [2.45, 2.75) is 71.4 Å².